The largest absolute Gasteiger partial charge is 0.309 e. The fourth-order valence-electron chi connectivity index (χ4n) is 2.08. The molecule has 4 nitrogen and oxygen atoms in total. The van der Waals surface area contributed by atoms with Crippen LogP contribution in [0.4, 0.5) is 5.69 Å². The molecule has 110 valence electrons. The first-order valence-electron chi connectivity index (χ1n) is 6.81. The van der Waals surface area contributed by atoms with Gasteiger partial charge in [0.25, 0.3) is 5.69 Å². The van der Waals surface area contributed by atoms with Crippen LogP contribution in [-0.4, -0.2) is 4.92 Å². The second kappa shape index (κ2) is 7.33. The van der Waals surface area contributed by atoms with Gasteiger partial charge in [-0.3, -0.25) is 10.1 Å². The Balaban J connectivity index is 1.95. The summed E-state index contributed by atoms with van der Waals surface area (Å²) in [5.74, 6) is 0. The molecule has 0 saturated carbocycles. The van der Waals surface area contributed by atoms with Crippen LogP contribution in [0.5, 0.6) is 0 Å². The minimum atomic E-state index is -0.377. The molecule has 0 aliphatic carbocycles. The van der Waals surface area contributed by atoms with Crippen LogP contribution in [0.2, 0.25) is 0 Å². The zero-order chi connectivity index (χ0) is 15.2. The smallest absolute Gasteiger partial charge is 0.270 e. The maximum Gasteiger partial charge on any atom is 0.270 e. The van der Waals surface area contributed by atoms with Gasteiger partial charge in [-0.05, 0) is 29.2 Å². The lowest BCUT2D eigenvalue weighted by Crippen LogP contribution is -2.12. The average molecular weight is 349 g/mol. The normalized spacial score (nSPS) is 10.6. The van der Waals surface area contributed by atoms with Gasteiger partial charge in [0.2, 0.25) is 0 Å². The third-order valence-corrected chi connectivity index (χ3v) is 3.70. The van der Waals surface area contributed by atoms with Gasteiger partial charge in [-0.25, -0.2) is 0 Å². The summed E-state index contributed by atoms with van der Waals surface area (Å²) >= 11 is 3.30. The molecule has 0 heterocycles. The van der Waals surface area contributed by atoms with E-state index in [-0.39, 0.29) is 10.6 Å². The summed E-state index contributed by atoms with van der Waals surface area (Å²) in [6, 6.07) is 13.5. The van der Waals surface area contributed by atoms with Gasteiger partial charge in [0, 0.05) is 29.7 Å². The number of benzene rings is 2. The van der Waals surface area contributed by atoms with Gasteiger partial charge in [-0.2, -0.15) is 0 Å². The first kappa shape index (κ1) is 15.7. The topological polar surface area (TPSA) is 55.2 Å². The Kier molecular flexibility index (Phi) is 5.47. The SMILES string of the molecule is CCc1ccc(CNCc2cc(Br)cc([N+](=O)[O-])c2)cc1. The predicted molar refractivity (Wildman–Crippen MR) is 87.2 cm³/mol. The summed E-state index contributed by atoms with van der Waals surface area (Å²) in [6.45, 7) is 3.47. The Hall–Kier alpha value is -1.72. The summed E-state index contributed by atoms with van der Waals surface area (Å²) in [5, 5.41) is 14.1. The van der Waals surface area contributed by atoms with Crippen molar-refractivity contribution in [3.8, 4) is 0 Å². The summed E-state index contributed by atoms with van der Waals surface area (Å²) in [5.41, 5.74) is 3.52. The predicted octanol–water partition coefficient (Wildman–Crippen LogP) is 4.21. The molecule has 0 spiro atoms. The number of nitro benzene ring substituents is 1. The van der Waals surface area contributed by atoms with Gasteiger partial charge in [-0.15, -0.1) is 0 Å². The highest BCUT2D eigenvalue weighted by atomic mass is 79.9. The molecule has 2 aromatic carbocycles. The first-order valence-corrected chi connectivity index (χ1v) is 7.60. The van der Waals surface area contributed by atoms with Crippen molar-refractivity contribution in [2.45, 2.75) is 26.4 Å². The molecule has 0 amide bonds. The standard InChI is InChI=1S/C16H17BrN2O2/c1-2-12-3-5-13(6-4-12)10-18-11-14-7-15(17)9-16(8-14)19(20)21/h3-9,18H,2,10-11H2,1H3. The number of nitrogens with one attached hydrogen (secondary N) is 1. The third kappa shape index (κ3) is 4.65. The highest BCUT2D eigenvalue weighted by Crippen LogP contribution is 2.21. The van der Waals surface area contributed by atoms with Crippen LogP contribution in [-0.2, 0) is 19.5 Å². The van der Waals surface area contributed by atoms with Crippen molar-refractivity contribution in [2.24, 2.45) is 0 Å². The molecule has 2 rings (SSSR count). The zero-order valence-electron chi connectivity index (χ0n) is 11.8. The molecule has 0 atom stereocenters. The summed E-state index contributed by atoms with van der Waals surface area (Å²) in [7, 11) is 0. The van der Waals surface area contributed by atoms with Crippen molar-refractivity contribution in [3.05, 3.63) is 73.7 Å². The van der Waals surface area contributed by atoms with Crippen LogP contribution < -0.4 is 5.32 Å². The van der Waals surface area contributed by atoms with E-state index in [2.05, 4.69) is 52.4 Å². The lowest BCUT2D eigenvalue weighted by Gasteiger charge is -2.07. The van der Waals surface area contributed by atoms with Gasteiger partial charge in [-0.1, -0.05) is 47.1 Å². The monoisotopic (exact) mass is 348 g/mol. The Labute approximate surface area is 132 Å². The van der Waals surface area contributed by atoms with Gasteiger partial charge in [0.15, 0.2) is 0 Å². The quantitative estimate of drug-likeness (QED) is 0.628. The Bertz CT molecular complexity index is 627. The van der Waals surface area contributed by atoms with Crippen molar-refractivity contribution in [3.63, 3.8) is 0 Å². The molecule has 0 radical (unpaired) electrons. The lowest BCUT2D eigenvalue weighted by atomic mass is 10.1. The molecule has 1 N–H and O–H groups in total. The van der Waals surface area contributed by atoms with Crippen LogP contribution in [0.3, 0.4) is 0 Å². The van der Waals surface area contributed by atoms with Crippen molar-refractivity contribution >= 4 is 21.6 Å². The molecule has 0 aliphatic heterocycles. The Morgan fingerprint density at radius 1 is 1.05 bits per heavy atom. The Morgan fingerprint density at radius 2 is 1.67 bits per heavy atom. The van der Waals surface area contributed by atoms with Gasteiger partial charge >= 0.3 is 0 Å². The molecule has 0 aliphatic rings. The second-order valence-corrected chi connectivity index (χ2v) is 5.76. The first-order chi connectivity index (χ1) is 10.1. The molecule has 0 bridgehead atoms. The van der Waals surface area contributed by atoms with Crippen LogP contribution in [0.25, 0.3) is 0 Å². The number of hydrogen-bond donors (Lipinski definition) is 1. The molecular weight excluding hydrogens is 332 g/mol. The number of halogens is 1. The van der Waals surface area contributed by atoms with E-state index in [1.165, 1.54) is 17.2 Å². The van der Waals surface area contributed by atoms with Gasteiger partial charge in [0.05, 0.1) is 4.92 Å². The maximum absolute atomic E-state index is 10.8. The van der Waals surface area contributed by atoms with Crippen molar-refractivity contribution in [1.29, 1.82) is 0 Å². The van der Waals surface area contributed by atoms with Crippen LogP contribution in [0.1, 0.15) is 23.6 Å². The van der Waals surface area contributed by atoms with Crippen LogP contribution in [0.15, 0.2) is 46.9 Å². The minimum Gasteiger partial charge on any atom is -0.309 e. The highest BCUT2D eigenvalue weighted by molar-refractivity contribution is 9.10. The fraction of sp³-hybridized carbons (Fsp3) is 0.250. The number of rotatable bonds is 6. The number of nitro groups is 1. The van der Waals surface area contributed by atoms with Crippen molar-refractivity contribution in [2.75, 3.05) is 0 Å². The van der Waals surface area contributed by atoms with E-state index in [4.69, 9.17) is 0 Å². The number of non-ortho nitro benzene ring substituents is 1. The molecule has 21 heavy (non-hydrogen) atoms. The maximum atomic E-state index is 10.8. The number of nitrogens with zero attached hydrogens (tertiary/aromatic N) is 1. The van der Waals surface area contributed by atoms with Gasteiger partial charge < -0.3 is 5.32 Å². The van der Waals surface area contributed by atoms with Crippen molar-refractivity contribution < 1.29 is 4.92 Å². The van der Waals surface area contributed by atoms with E-state index < -0.39 is 0 Å². The molecule has 0 fully saturated rings. The average Bonchev–Trinajstić information content (AvgIpc) is 2.47. The summed E-state index contributed by atoms with van der Waals surface area (Å²) < 4.78 is 0.723. The van der Waals surface area contributed by atoms with E-state index >= 15 is 0 Å². The van der Waals surface area contributed by atoms with Crippen molar-refractivity contribution in [1.82, 2.24) is 5.32 Å². The molecule has 0 aromatic heterocycles. The van der Waals surface area contributed by atoms with E-state index in [1.807, 2.05) is 6.07 Å². The fourth-order valence-corrected chi connectivity index (χ4v) is 2.61. The minimum absolute atomic E-state index is 0.105. The third-order valence-electron chi connectivity index (χ3n) is 3.24. The molecule has 2 aromatic rings. The molecule has 0 saturated heterocycles. The Morgan fingerprint density at radius 3 is 2.29 bits per heavy atom. The summed E-state index contributed by atoms with van der Waals surface area (Å²) in [4.78, 5) is 10.4. The zero-order valence-corrected chi connectivity index (χ0v) is 13.4. The van der Waals surface area contributed by atoms with Crippen LogP contribution >= 0.6 is 15.9 Å². The number of hydrogen-bond acceptors (Lipinski definition) is 3. The number of aryl methyl sites for hydroxylation is 1. The molecular formula is C16H17BrN2O2. The molecule has 5 heteroatoms. The van der Waals surface area contributed by atoms with E-state index in [9.17, 15) is 10.1 Å². The van der Waals surface area contributed by atoms with Crippen LogP contribution in [0, 0.1) is 10.1 Å². The molecule has 0 unspecified atom stereocenters. The van der Waals surface area contributed by atoms with E-state index in [0.717, 1.165) is 23.0 Å². The van der Waals surface area contributed by atoms with Gasteiger partial charge in [0.1, 0.15) is 0 Å². The summed E-state index contributed by atoms with van der Waals surface area (Å²) in [6.07, 6.45) is 1.04. The second-order valence-electron chi connectivity index (χ2n) is 4.85. The van der Waals surface area contributed by atoms with E-state index in [0.29, 0.717) is 6.54 Å². The highest BCUT2D eigenvalue weighted by Gasteiger charge is 2.08. The lowest BCUT2D eigenvalue weighted by molar-refractivity contribution is -0.385. The van der Waals surface area contributed by atoms with E-state index in [1.54, 1.807) is 6.07 Å².